The number of esters is 1. The number of methoxy groups -OCH3 is 2. The molecule has 15 heavy (non-hydrogen) atoms. The maximum atomic E-state index is 11.6. The van der Waals surface area contributed by atoms with Gasteiger partial charge < -0.3 is 9.47 Å². The molecule has 0 fully saturated rings. The van der Waals surface area contributed by atoms with Crippen LogP contribution < -0.4 is 0 Å². The summed E-state index contributed by atoms with van der Waals surface area (Å²) in [6.07, 6.45) is 6.77. The van der Waals surface area contributed by atoms with Gasteiger partial charge in [-0.1, -0.05) is 6.08 Å². The van der Waals surface area contributed by atoms with Crippen LogP contribution in [-0.4, -0.2) is 20.2 Å². The van der Waals surface area contributed by atoms with Crippen molar-refractivity contribution in [1.82, 2.24) is 0 Å². The van der Waals surface area contributed by atoms with E-state index in [4.69, 9.17) is 9.47 Å². The number of ether oxygens (including phenoxy) is 2. The molecule has 0 saturated carbocycles. The van der Waals surface area contributed by atoms with Crippen LogP contribution in [0.15, 0.2) is 24.0 Å². The lowest BCUT2D eigenvalue weighted by Gasteiger charge is -2.30. The fourth-order valence-electron chi connectivity index (χ4n) is 1.71. The highest BCUT2D eigenvalue weighted by Crippen LogP contribution is 2.35. The van der Waals surface area contributed by atoms with E-state index in [0.717, 1.165) is 12.2 Å². The van der Waals surface area contributed by atoms with Crippen molar-refractivity contribution in [2.45, 2.75) is 20.3 Å². The summed E-state index contributed by atoms with van der Waals surface area (Å²) in [6.45, 7) is 3.79. The second-order valence-electron chi connectivity index (χ2n) is 4.23. The van der Waals surface area contributed by atoms with Gasteiger partial charge in [-0.25, -0.2) is 0 Å². The van der Waals surface area contributed by atoms with Crippen LogP contribution in [0.5, 0.6) is 0 Å². The fraction of sp³-hybridized carbons (Fsp3) is 0.583. The fourth-order valence-corrected chi connectivity index (χ4v) is 1.71. The van der Waals surface area contributed by atoms with Crippen LogP contribution in [0.3, 0.4) is 0 Å². The van der Waals surface area contributed by atoms with Crippen LogP contribution >= 0.6 is 0 Å². The standard InChI is InChI=1S/C12H18O3/c1-12(2,11(13)15-4)9-6-5-7-10(8-9)14-3/h5,7-9H,6H2,1-4H3. The van der Waals surface area contributed by atoms with Crippen molar-refractivity contribution in [1.29, 1.82) is 0 Å². The topological polar surface area (TPSA) is 35.5 Å². The van der Waals surface area contributed by atoms with Crippen LogP contribution in [0.1, 0.15) is 20.3 Å². The Labute approximate surface area is 90.8 Å². The second-order valence-corrected chi connectivity index (χ2v) is 4.23. The second kappa shape index (κ2) is 4.51. The summed E-state index contributed by atoms with van der Waals surface area (Å²) in [5, 5.41) is 0. The number of allylic oxidation sites excluding steroid dienone is 3. The molecule has 0 aliphatic heterocycles. The van der Waals surface area contributed by atoms with Crippen molar-refractivity contribution in [2.24, 2.45) is 11.3 Å². The van der Waals surface area contributed by atoms with Crippen LogP contribution in [0.4, 0.5) is 0 Å². The minimum atomic E-state index is -0.511. The summed E-state index contributed by atoms with van der Waals surface area (Å²) in [4.78, 5) is 11.6. The lowest BCUT2D eigenvalue weighted by Crippen LogP contribution is -2.33. The zero-order chi connectivity index (χ0) is 11.5. The smallest absolute Gasteiger partial charge is 0.311 e. The van der Waals surface area contributed by atoms with E-state index in [1.807, 2.05) is 32.1 Å². The summed E-state index contributed by atoms with van der Waals surface area (Å²) < 4.78 is 9.96. The van der Waals surface area contributed by atoms with Crippen molar-refractivity contribution < 1.29 is 14.3 Å². The minimum absolute atomic E-state index is 0.130. The Morgan fingerprint density at radius 3 is 2.67 bits per heavy atom. The SMILES string of the molecule is COC(=O)C(C)(C)C1C=C(OC)C=CC1. The van der Waals surface area contributed by atoms with Gasteiger partial charge in [0.25, 0.3) is 0 Å². The number of carbonyl (C=O) groups excluding carboxylic acids is 1. The Kier molecular flexibility index (Phi) is 3.56. The summed E-state index contributed by atoms with van der Waals surface area (Å²) in [5.74, 6) is 0.752. The Morgan fingerprint density at radius 1 is 1.47 bits per heavy atom. The molecule has 0 saturated heterocycles. The molecule has 0 radical (unpaired) electrons. The van der Waals surface area contributed by atoms with Gasteiger partial charge in [-0.05, 0) is 38.3 Å². The van der Waals surface area contributed by atoms with Gasteiger partial charge in [0.15, 0.2) is 0 Å². The van der Waals surface area contributed by atoms with Gasteiger partial charge in [0.05, 0.1) is 19.6 Å². The van der Waals surface area contributed by atoms with Crippen molar-refractivity contribution in [2.75, 3.05) is 14.2 Å². The highest BCUT2D eigenvalue weighted by Gasteiger charge is 2.37. The highest BCUT2D eigenvalue weighted by molar-refractivity contribution is 5.76. The van der Waals surface area contributed by atoms with E-state index in [9.17, 15) is 4.79 Å². The molecule has 0 bridgehead atoms. The van der Waals surface area contributed by atoms with Gasteiger partial charge in [0.2, 0.25) is 0 Å². The van der Waals surface area contributed by atoms with E-state index >= 15 is 0 Å². The molecule has 1 aliphatic rings. The third kappa shape index (κ3) is 2.41. The third-order valence-corrected chi connectivity index (χ3v) is 2.91. The van der Waals surface area contributed by atoms with Crippen LogP contribution in [0.25, 0.3) is 0 Å². The van der Waals surface area contributed by atoms with E-state index < -0.39 is 5.41 Å². The molecule has 1 atom stereocenters. The molecule has 1 unspecified atom stereocenters. The van der Waals surface area contributed by atoms with Crippen LogP contribution in [-0.2, 0) is 14.3 Å². The first-order valence-electron chi connectivity index (χ1n) is 5.03. The largest absolute Gasteiger partial charge is 0.497 e. The zero-order valence-corrected chi connectivity index (χ0v) is 9.74. The van der Waals surface area contributed by atoms with Gasteiger partial charge in [0.1, 0.15) is 5.76 Å². The summed E-state index contributed by atoms with van der Waals surface area (Å²) in [7, 11) is 3.05. The number of carbonyl (C=O) groups is 1. The lowest BCUT2D eigenvalue weighted by molar-refractivity contribution is -0.152. The average Bonchev–Trinajstić information content (AvgIpc) is 2.27. The molecule has 0 aromatic carbocycles. The van der Waals surface area contributed by atoms with Crippen molar-refractivity contribution >= 4 is 5.97 Å². The predicted molar refractivity (Wildman–Crippen MR) is 58.1 cm³/mol. The first-order valence-corrected chi connectivity index (χ1v) is 5.03. The van der Waals surface area contributed by atoms with Crippen molar-refractivity contribution in [3.8, 4) is 0 Å². The average molecular weight is 210 g/mol. The Bertz CT molecular complexity index is 300. The van der Waals surface area contributed by atoms with Gasteiger partial charge in [-0.3, -0.25) is 4.79 Å². The molecule has 1 rings (SSSR count). The number of rotatable bonds is 3. The molecule has 3 heteroatoms. The molecule has 0 aromatic rings. The number of hydrogen-bond donors (Lipinski definition) is 0. The first kappa shape index (κ1) is 11.8. The van der Waals surface area contributed by atoms with Crippen molar-refractivity contribution in [3.05, 3.63) is 24.0 Å². The molecule has 0 aromatic heterocycles. The molecule has 0 spiro atoms. The number of hydrogen-bond acceptors (Lipinski definition) is 3. The van der Waals surface area contributed by atoms with Gasteiger partial charge in [-0.15, -0.1) is 0 Å². The summed E-state index contributed by atoms with van der Waals surface area (Å²) >= 11 is 0. The Balaban J connectivity index is 2.85. The molecule has 84 valence electrons. The Morgan fingerprint density at radius 2 is 2.13 bits per heavy atom. The monoisotopic (exact) mass is 210 g/mol. The van der Waals surface area contributed by atoms with E-state index in [2.05, 4.69) is 0 Å². The molecule has 1 aliphatic carbocycles. The summed E-state index contributed by atoms with van der Waals surface area (Å²) in [6, 6.07) is 0. The minimum Gasteiger partial charge on any atom is -0.497 e. The van der Waals surface area contributed by atoms with E-state index in [1.54, 1.807) is 7.11 Å². The zero-order valence-electron chi connectivity index (χ0n) is 9.74. The predicted octanol–water partition coefficient (Wildman–Crippen LogP) is 2.29. The quantitative estimate of drug-likeness (QED) is 0.670. The van der Waals surface area contributed by atoms with Gasteiger partial charge in [-0.2, -0.15) is 0 Å². The van der Waals surface area contributed by atoms with Gasteiger partial charge in [0, 0.05) is 0 Å². The van der Waals surface area contributed by atoms with Crippen molar-refractivity contribution in [3.63, 3.8) is 0 Å². The molecule has 0 amide bonds. The normalized spacial score (nSPS) is 20.8. The summed E-state index contributed by atoms with van der Waals surface area (Å²) in [5.41, 5.74) is -0.511. The maximum Gasteiger partial charge on any atom is 0.311 e. The molecule has 3 nitrogen and oxygen atoms in total. The maximum absolute atomic E-state index is 11.6. The van der Waals surface area contributed by atoms with E-state index in [-0.39, 0.29) is 11.9 Å². The molecule has 0 heterocycles. The third-order valence-electron chi connectivity index (χ3n) is 2.91. The molecule has 0 N–H and O–H groups in total. The van der Waals surface area contributed by atoms with E-state index in [0.29, 0.717) is 0 Å². The highest BCUT2D eigenvalue weighted by atomic mass is 16.5. The first-order chi connectivity index (χ1) is 7.02. The molecular formula is C12H18O3. The van der Waals surface area contributed by atoms with Gasteiger partial charge >= 0.3 is 5.97 Å². The van der Waals surface area contributed by atoms with E-state index in [1.165, 1.54) is 7.11 Å². The Hall–Kier alpha value is -1.25. The molecular weight excluding hydrogens is 192 g/mol. The van der Waals surface area contributed by atoms with Crippen LogP contribution in [0.2, 0.25) is 0 Å². The van der Waals surface area contributed by atoms with Crippen LogP contribution in [0, 0.1) is 11.3 Å². The lowest BCUT2D eigenvalue weighted by atomic mass is 9.75.